The summed E-state index contributed by atoms with van der Waals surface area (Å²) in [6.07, 6.45) is 0.193. The summed E-state index contributed by atoms with van der Waals surface area (Å²) < 4.78 is 0. The van der Waals surface area contributed by atoms with Crippen LogP contribution in [0.2, 0.25) is 0 Å². The van der Waals surface area contributed by atoms with Crippen LogP contribution in [-0.4, -0.2) is 21.3 Å². The third kappa shape index (κ3) is 1.96. The van der Waals surface area contributed by atoms with Gasteiger partial charge >= 0.3 is 5.97 Å². The molecule has 1 heterocycles. The van der Waals surface area contributed by atoms with E-state index in [9.17, 15) is 4.79 Å². The highest BCUT2D eigenvalue weighted by atomic mass is 16.4. The van der Waals surface area contributed by atoms with E-state index >= 15 is 0 Å². The maximum absolute atomic E-state index is 10.2. The molecule has 68 valence electrons. The van der Waals surface area contributed by atoms with E-state index in [1.165, 1.54) is 0 Å². The van der Waals surface area contributed by atoms with Crippen molar-refractivity contribution in [2.24, 2.45) is 0 Å². The summed E-state index contributed by atoms with van der Waals surface area (Å²) in [7, 11) is 0. The first-order valence-corrected chi connectivity index (χ1v) is 3.59. The fourth-order valence-corrected chi connectivity index (χ4v) is 0.932. The highest BCUT2D eigenvalue weighted by Crippen LogP contribution is 2.12. The zero-order chi connectivity index (χ0) is 9.84. The topological polar surface area (TPSA) is 116 Å². The molecule has 6 heteroatoms. The molecule has 1 aromatic heterocycles. The number of carboxylic acid groups (broad SMARTS) is 1. The average Bonchev–Trinajstić information content (AvgIpc) is 2.42. The number of H-pyrrole nitrogens is 1. The van der Waals surface area contributed by atoms with Gasteiger partial charge in [0.15, 0.2) is 5.82 Å². The van der Waals surface area contributed by atoms with Gasteiger partial charge in [0, 0.05) is 6.42 Å². The number of carboxylic acids is 1. The minimum atomic E-state index is -0.919. The van der Waals surface area contributed by atoms with Crippen molar-refractivity contribution in [3.63, 3.8) is 0 Å². The predicted octanol–water partition coefficient (Wildman–Crippen LogP) is -0.119. The summed E-state index contributed by atoms with van der Waals surface area (Å²) in [6.45, 7) is 0. The molecular formula is C7H8N4O2. The SMILES string of the molecule is N#Cc1c(N)n[nH]c1CCC(=O)O. The van der Waals surface area contributed by atoms with E-state index in [1.54, 1.807) is 0 Å². The third-order valence-corrected chi connectivity index (χ3v) is 1.57. The number of nitriles is 1. The van der Waals surface area contributed by atoms with E-state index in [4.69, 9.17) is 16.1 Å². The Labute approximate surface area is 74.0 Å². The summed E-state index contributed by atoms with van der Waals surface area (Å²) in [5.41, 5.74) is 6.06. The number of aryl methyl sites for hydroxylation is 1. The molecule has 0 aliphatic carbocycles. The highest BCUT2D eigenvalue weighted by molar-refractivity contribution is 5.67. The van der Waals surface area contributed by atoms with Crippen molar-refractivity contribution in [1.82, 2.24) is 10.2 Å². The number of nitrogens with zero attached hydrogens (tertiary/aromatic N) is 2. The number of nitrogens with one attached hydrogen (secondary N) is 1. The van der Waals surface area contributed by atoms with E-state index < -0.39 is 5.97 Å². The Kier molecular flexibility index (Phi) is 2.50. The van der Waals surface area contributed by atoms with Crippen molar-refractivity contribution in [3.8, 4) is 6.07 Å². The molecule has 0 unspecified atom stereocenters. The number of rotatable bonds is 3. The lowest BCUT2D eigenvalue weighted by Crippen LogP contribution is -1.99. The summed E-state index contributed by atoms with van der Waals surface area (Å²) in [6, 6.07) is 1.86. The van der Waals surface area contributed by atoms with E-state index in [0.29, 0.717) is 5.69 Å². The van der Waals surface area contributed by atoms with Crippen LogP contribution < -0.4 is 5.73 Å². The Morgan fingerprint density at radius 3 is 3.00 bits per heavy atom. The molecule has 0 fully saturated rings. The number of aromatic nitrogens is 2. The van der Waals surface area contributed by atoms with Crippen LogP contribution in [0, 0.1) is 11.3 Å². The van der Waals surface area contributed by atoms with Crippen LogP contribution in [-0.2, 0) is 11.2 Å². The molecule has 1 rings (SSSR count). The summed E-state index contributed by atoms with van der Waals surface area (Å²) >= 11 is 0. The lowest BCUT2D eigenvalue weighted by atomic mass is 10.1. The molecule has 0 aliphatic rings. The molecule has 0 spiro atoms. The lowest BCUT2D eigenvalue weighted by molar-refractivity contribution is -0.136. The first-order valence-electron chi connectivity index (χ1n) is 3.59. The first kappa shape index (κ1) is 9.06. The molecule has 0 amide bonds. The number of hydrogen-bond donors (Lipinski definition) is 3. The fourth-order valence-electron chi connectivity index (χ4n) is 0.932. The monoisotopic (exact) mass is 180 g/mol. The number of aliphatic carboxylic acids is 1. The maximum Gasteiger partial charge on any atom is 0.303 e. The average molecular weight is 180 g/mol. The Morgan fingerprint density at radius 1 is 1.77 bits per heavy atom. The Morgan fingerprint density at radius 2 is 2.46 bits per heavy atom. The van der Waals surface area contributed by atoms with E-state index in [1.807, 2.05) is 6.07 Å². The van der Waals surface area contributed by atoms with Gasteiger partial charge in [-0.2, -0.15) is 10.4 Å². The summed E-state index contributed by atoms with van der Waals surface area (Å²) in [4.78, 5) is 10.2. The number of nitrogen functional groups attached to an aromatic ring is 1. The molecule has 0 bridgehead atoms. The van der Waals surface area contributed by atoms with E-state index in [2.05, 4.69) is 10.2 Å². The van der Waals surface area contributed by atoms with Gasteiger partial charge in [-0.15, -0.1) is 0 Å². The Bertz CT molecular complexity index is 363. The van der Waals surface area contributed by atoms with Crippen LogP contribution in [0.4, 0.5) is 5.82 Å². The van der Waals surface area contributed by atoms with Crippen LogP contribution in [0.1, 0.15) is 17.7 Å². The Balaban J connectivity index is 2.78. The van der Waals surface area contributed by atoms with Crippen molar-refractivity contribution in [1.29, 1.82) is 5.26 Å². The van der Waals surface area contributed by atoms with Gasteiger partial charge in [-0.3, -0.25) is 9.89 Å². The van der Waals surface area contributed by atoms with Gasteiger partial charge in [-0.1, -0.05) is 0 Å². The number of nitrogens with two attached hydrogens (primary N) is 1. The van der Waals surface area contributed by atoms with Gasteiger partial charge < -0.3 is 10.8 Å². The van der Waals surface area contributed by atoms with Crippen molar-refractivity contribution >= 4 is 11.8 Å². The molecule has 0 aliphatic heterocycles. The number of hydrogen-bond acceptors (Lipinski definition) is 4. The van der Waals surface area contributed by atoms with E-state index in [0.717, 1.165) is 0 Å². The minimum absolute atomic E-state index is 0.0453. The van der Waals surface area contributed by atoms with E-state index in [-0.39, 0.29) is 24.2 Å². The molecule has 0 saturated heterocycles. The van der Waals surface area contributed by atoms with Crippen LogP contribution in [0.15, 0.2) is 0 Å². The largest absolute Gasteiger partial charge is 0.481 e. The standard InChI is InChI=1S/C7H8N4O2/c8-3-4-5(1-2-6(12)13)10-11-7(4)9/h1-2H2,(H,12,13)(H3,9,10,11). The van der Waals surface area contributed by atoms with Crippen LogP contribution >= 0.6 is 0 Å². The quantitative estimate of drug-likeness (QED) is 0.599. The van der Waals surface area contributed by atoms with Gasteiger partial charge in [-0.05, 0) is 0 Å². The second kappa shape index (κ2) is 3.58. The number of carbonyl (C=O) groups is 1. The fraction of sp³-hybridized carbons (Fsp3) is 0.286. The first-order chi connectivity index (χ1) is 6.15. The third-order valence-electron chi connectivity index (χ3n) is 1.57. The zero-order valence-electron chi connectivity index (χ0n) is 6.74. The molecule has 0 atom stereocenters. The van der Waals surface area contributed by atoms with Crippen LogP contribution in [0.5, 0.6) is 0 Å². The molecule has 0 aromatic carbocycles. The van der Waals surface area contributed by atoms with Crippen molar-refractivity contribution in [3.05, 3.63) is 11.3 Å². The van der Waals surface area contributed by atoms with Gasteiger partial charge in [0.05, 0.1) is 12.1 Å². The molecular weight excluding hydrogens is 172 g/mol. The smallest absolute Gasteiger partial charge is 0.303 e. The number of aromatic amines is 1. The second-order valence-electron chi connectivity index (χ2n) is 2.47. The lowest BCUT2D eigenvalue weighted by Gasteiger charge is -1.93. The van der Waals surface area contributed by atoms with Crippen LogP contribution in [0.3, 0.4) is 0 Å². The molecule has 1 aromatic rings. The molecule has 6 nitrogen and oxygen atoms in total. The molecule has 4 N–H and O–H groups in total. The van der Waals surface area contributed by atoms with Gasteiger partial charge in [0.1, 0.15) is 11.6 Å². The summed E-state index contributed by atoms with van der Waals surface area (Å²) in [5, 5.41) is 23.1. The van der Waals surface area contributed by atoms with Gasteiger partial charge in [0.2, 0.25) is 0 Å². The van der Waals surface area contributed by atoms with Crippen molar-refractivity contribution in [2.45, 2.75) is 12.8 Å². The molecule has 0 saturated carbocycles. The minimum Gasteiger partial charge on any atom is -0.481 e. The van der Waals surface area contributed by atoms with Crippen molar-refractivity contribution in [2.75, 3.05) is 5.73 Å². The van der Waals surface area contributed by atoms with Gasteiger partial charge in [-0.25, -0.2) is 0 Å². The Hall–Kier alpha value is -2.03. The molecule has 13 heavy (non-hydrogen) atoms. The van der Waals surface area contributed by atoms with Gasteiger partial charge in [0.25, 0.3) is 0 Å². The normalized spacial score (nSPS) is 9.46. The van der Waals surface area contributed by atoms with Crippen LogP contribution in [0.25, 0.3) is 0 Å². The number of anilines is 1. The molecule has 0 radical (unpaired) electrons. The van der Waals surface area contributed by atoms with Crippen molar-refractivity contribution < 1.29 is 9.90 Å². The zero-order valence-corrected chi connectivity index (χ0v) is 6.74. The second-order valence-corrected chi connectivity index (χ2v) is 2.47. The highest BCUT2D eigenvalue weighted by Gasteiger charge is 2.10. The maximum atomic E-state index is 10.2. The predicted molar refractivity (Wildman–Crippen MR) is 43.7 cm³/mol. The summed E-state index contributed by atoms with van der Waals surface area (Å²) in [5.74, 6) is -0.806.